The summed E-state index contributed by atoms with van der Waals surface area (Å²) in [6, 6.07) is 12.8. The predicted molar refractivity (Wildman–Crippen MR) is 131 cm³/mol. The molecule has 0 radical (unpaired) electrons. The minimum absolute atomic E-state index is 0.0392. The Morgan fingerprint density at radius 3 is 2.11 bits per heavy atom. The molecule has 190 valence electrons. The van der Waals surface area contributed by atoms with Crippen molar-refractivity contribution in [1.82, 2.24) is 9.62 Å². The van der Waals surface area contributed by atoms with Gasteiger partial charge in [-0.15, -0.1) is 0 Å². The lowest BCUT2D eigenvalue weighted by Crippen LogP contribution is -2.53. The molecule has 2 unspecified atom stereocenters. The van der Waals surface area contributed by atoms with Gasteiger partial charge >= 0.3 is 6.18 Å². The van der Waals surface area contributed by atoms with Gasteiger partial charge in [0.2, 0.25) is 5.91 Å². The number of rotatable bonds is 4. The quantitative estimate of drug-likeness (QED) is 0.563. The summed E-state index contributed by atoms with van der Waals surface area (Å²) in [4.78, 5) is 16.0. The molecule has 0 aromatic heterocycles. The van der Waals surface area contributed by atoms with Crippen LogP contribution < -0.4 is 4.72 Å². The Balaban J connectivity index is 1.36. The highest BCUT2D eigenvalue weighted by Crippen LogP contribution is 2.37. The van der Waals surface area contributed by atoms with E-state index in [1.54, 1.807) is 0 Å². The topological polar surface area (TPSA) is 49.4 Å². The molecule has 1 amide bonds. The van der Waals surface area contributed by atoms with E-state index in [0.717, 1.165) is 18.6 Å². The van der Waals surface area contributed by atoms with Crippen LogP contribution in [0.1, 0.15) is 63.1 Å². The number of nitrogens with one attached hydrogen (secondary N) is 1. The van der Waals surface area contributed by atoms with Gasteiger partial charge < -0.3 is 4.90 Å². The van der Waals surface area contributed by atoms with Crippen molar-refractivity contribution in [2.75, 3.05) is 0 Å². The zero-order valence-corrected chi connectivity index (χ0v) is 21.2. The summed E-state index contributed by atoms with van der Waals surface area (Å²) in [6.07, 6.45) is -0.749. The summed E-state index contributed by atoms with van der Waals surface area (Å²) in [5.74, 6) is 0.129. The standard InChI is InChI=1S/C27H33F3N2O2S/c1-26(2,3)24-16-19-6-4-5-7-20(19)17-32(24)25(33)18-8-12-22(13-9-18)31-35(34)23-14-10-21(11-15-23)27(28,29)30/h4-7,10-11,14-15,18,22,24,31H,8-9,12-13,16-17H2,1-3H3. The first-order chi connectivity index (χ1) is 16.4. The summed E-state index contributed by atoms with van der Waals surface area (Å²) < 4.78 is 54.0. The van der Waals surface area contributed by atoms with Crippen LogP contribution in [-0.2, 0) is 34.9 Å². The zero-order chi connectivity index (χ0) is 25.4. The maximum atomic E-state index is 13.6. The van der Waals surface area contributed by atoms with Gasteiger partial charge in [-0.1, -0.05) is 45.0 Å². The van der Waals surface area contributed by atoms with E-state index in [0.29, 0.717) is 37.1 Å². The van der Waals surface area contributed by atoms with Crippen LogP contribution in [-0.4, -0.2) is 27.1 Å². The average Bonchev–Trinajstić information content (AvgIpc) is 2.82. The van der Waals surface area contributed by atoms with Crippen molar-refractivity contribution in [3.8, 4) is 0 Å². The van der Waals surface area contributed by atoms with Gasteiger partial charge in [-0.25, -0.2) is 8.93 Å². The highest BCUT2D eigenvalue weighted by Gasteiger charge is 2.40. The Hall–Kier alpha value is -2.19. The predicted octanol–water partition coefficient (Wildman–Crippen LogP) is 5.88. The monoisotopic (exact) mass is 506 g/mol. The van der Waals surface area contributed by atoms with Crippen LogP contribution in [0.15, 0.2) is 53.4 Å². The van der Waals surface area contributed by atoms with E-state index in [2.05, 4.69) is 48.6 Å². The van der Waals surface area contributed by atoms with Crippen LogP contribution in [0.2, 0.25) is 0 Å². The van der Waals surface area contributed by atoms with E-state index in [1.165, 1.54) is 23.3 Å². The second-order valence-corrected chi connectivity index (χ2v) is 12.0. The highest BCUT2D eigenvalue weighted by molar-refractivity contribution is 7.83. The van der Waals surface area contributed by atoms with Crippen LogP contribution in [0.3, 0.4) is 0 Å². The fourth-order valence-corrected chi connectivity index (χ4v) is 6.27. The summed E-state index contributed by atoms with van der Waals surface area (Å²) in [6.45, 7) is 7.18. The summed E-state index contributed by atoms with van der Waals surface area (Å²) >= 11 is 0. The number of hydrogen-bond acceptors (Lipinski definition) is 2. The third-order valence-electron chi connectivity index (χ3n) is 7.28. The van der Waals surface area contributed by atoms with Crippen molar-refractivity contribution >= 4 is 16.9 Å². The van der Waals surface area contributed by atoms with Crippen molar-refractivity contribution in [3.63, 3.8) is 0 Å². The normalized spacial score (nSPS) is 24.1. The Morgan fingerprint density at radius 1 is 0.943 bits per heavy atom. The van der Waals surface area contributed by atoms with Crippen molar-refractivity contribution in [1.29, 1.82) is 0 Å². The molecule has 2 aromatic carbocycles. The zero-order valence-electron chi connectivity index (χ0n) is 20.4. The van der Waals surface area contributed by atoms with Gasteiger partial charge in [-0.2, -0.15) is 13.2 Å². The molecule has 1 fully saturated rings. The third kappa shape index (κ3) is 5.97. The molecular formula is C27H33F3N2O2S. The number of amides is 1. The maximum absolute atomic E-state index is 13.6. The van der Waals surface area contributed by atoms with Crippen LogP contribution in [0.5, 0.6) is 0 Å². The van der Waals surface area contributed by atoms with Crippen LogP contribution in [0, 0.1) is 11.3 Å². The minimum Gasteiger partial charge on any atom is -0.334 e. The third-order valence-corrected chi connectivity index (χ3v) is 8.52. The molecule has 0 spiro atoms. The number of halogens is 3. The molecule has 8 heteroatoms. The first kappa shape index (κ1) is 25.9. The SMILES string of the molecule is CC(C)(C)C1Cc2ccccc2CN1C(=O)C1CCC(NS(=O)c2ccc(C(F)(F)F)cc2)CC1. The van der Waals surface area contributed by atoms with Gasteiger partial charge in [-0.05, 0) is 72.9 Å². The highest BCUT2D eigenvalue weighted by atomic mass is 32.2. The number of fused-ring (bicyclic) bond motifs is 1. The number of hydrogen-bond donors (Lipinski definition) is 1. The lowest BCUT2D eigenvalue weighted by Gasteiger charge is -2.46. The number of carbonyl (C=O) groups is 1. The van der Waals surface area contributed by atoms with E-state index < -0.39 is 22.7 Å². The first-order valence-corrected chi connectivity index (χ1v) is 13.3. The number of alkyl halides is 3. The first-order valence-electron chi connectivity index (χ1n) is 12.2. The van der Waals surface area contributed by atoms with Crippen molar-refractivity contribution in [2.45, 2.75) is 82.6 Å². The van der Waals surface area contributed by atoms with Gasteiger partial charge in [-0.3, -0.25) is 4.79 Å². The number of carbonyl (C=O) groups excluding carboxylic acids is 1. The molecular weight excluding hydrogens is 473 g/mol. The molecule has 1 aliphatic heterocycles. The Morgan fingerprint density at radius 2 is 1.54 bits per heavy atom. The minimum atomic E-state index is -4.42. The van der Waals surface area contributed by atoms with Gasteiger partial charge in [0, 0.05) is 24.5 Å². The Bertz CT molecular complexity index is 1070. The molecule has 2 atom stereocenters. The second kappa shape index (κ2) is 10.1. The molecule has 4 nitrogen and oxygen atoms in total. The molecule has 1 N–H and O–H groups in total. The summed E-state index contributed by atoms with van der Waals surface area (Å²) in [5, 5.41) is 0. The number of nitrogens with zero attached hydrogens (tertiary/aromatic N) is 1. The molecule has 0 saturated heterocycles. The Kier molecular flexibility index (Phi) is 7.44. The largest absolute Gasteiger partial charge is 0.416 e. The lowest BCUT2D eigenvalue weighted by atomic mass is 9.77. The molecule has 35 heavy (non-hydrogen) atoms. The lowest BCUT2D eigenvalue weighted by molar-refractivity contribution is -0.143. The van der Waals surface area contributed by atoms with E-state index in [4.69, 9.17) is 0 Å². The van der Waals surface area contributed by atoms with Crippen molar-refractivity contribution < 1.29 is 22.2 Å². The molecule has 2 aromatic rings. The van der Waals surface area contributed by atoms with Gasteiger partial charge in [0.25, 0.3) is 0 Å². The Labute approximate surface area is 207 Å². The fourth-order valence-electron chi connectivity index (χ4n) is 5.21. The van der Waals surface area contributed by atoms with E-state index >= 15 is 0 Å². The van der Waals surface area contributed by atoms with Gasteiger partial charge in [0.05, 0.1) is 10.5 Å². The van der Waals surface area contributed by atoms with Gasteiger partial charge in [0.1, 0.15) is 11.0 Å². The molecule has 1 aliphatic carbocycles. The van der Waals surface area contributed by atoms with Crippen molar-refractivity contribution in [2.24, 2.45) is 11.3 Å². The van der Waals surface area contributed by atoms with Crippen molar-refractivity contribution in [3.05, 3.63) is 65.2 Å². The molecule has 0 bridgehead atoms. The number of benzene rings is 2. The fraction of sp³-hybridized carbons (Fsp3) is 0.519. The second-order valence-electron chi connectivity index (χ2n) is 10.8. The van der Waals surface area contributed by atoms with Crippen LogP contribution >= 0.6 is 0 Å². The molecule has 1 heterocycles. The maximum Gasteiger partial charge on any atom is 0.416 e. The molecule has 4 rings (SSSR count). The smallest absolute Gasteiger partial charge is 0.334 e. The summed E-state index contributed by atoms with van der Waals surface area (Å²) in [7, 11) is -1.60. The van der Waals surface area contributed by atoms with Gasteiger partial charge in [0.15, 0.2) is 0 Å². The van der Waals surface area contributed by atoms with E-state index in [-0.39, 0.29) is 29.3 Å². The van der Waals surface area contributed by atoms with Crippen LogP contribution in [0.25, 0.3) is 0 Å². The van der Waals surface area contributed by atoms with Crippen LogP contribution in [0.4, 0.5) is 13.2 Å². The van der Waals surface area contributed by atoms with E-state index in [9.17, 15) is 22.2 Å². The molecule has 2 aliphatic rings. The van der Waals surface area contributed by atoms with E-state index in [1.807, 2.05) is 6.07 Å². The summed E-state index contributed by atoms with van der Waals surface area (Å²) in [5.41, 5.74) is 1.73. The molecule has 1 saturated carbocycles. The average molecular weight is 507 g/mol.